The van der Waals surface area contributed by atoms with Crippen LogP contribution in [0.1, 0.15) is 96.8 Å². The van der Waals surface area contributed by atoms with Crippen LogP contribution in [0.4, 0.5) is 0 Å². The molecule has 0 saturated carbocycles. The van der Waals surface area contributed by atoms with Crippen molar-refractivity contribution in [3.8, 4) is 0 Å². The van der Waals surface area contributed by atoms with Gasteiger partial charge in [-0.3, -0.25) is 4.79 Å². The maximum atomic E-state index is 10.3. The Morgan fingerprint density at radius 2 is 0.816 bits per heavy atom. The molecule has 38 heavy (non-hydrogen) atoms. The number of carbonyl (C=O) groups is 1. The van der Waals surface area contributed by atoms with Crippen LogP contribution in [0.2, 0.25) is 0 Å². The minimum Gasteiger partial charge on any atom is -0.481 e. The van der Waals surface area contributed by atoms with Crippen molar-refractivity contribution in [2.75, 3.05) is 39.6 Å². The molecule has 0 aromatic heterocycles. The molecule has 0 aliphatic carbocycles. The summed E-state index contributed by atoms with van der Waals surface area (Å²) in [5, 5.41) is 80.6. The molecule has 0 aliphatic rings. The van der Waals surface area contributed by atoms with Gasteiger partial charge in [-0.05, 0) is 32.1 Å². The van der Waals surface area contributed by atoms with Gasteiger partial charge in [-0.25, -0.2) is 0 Å². The Hall–Kier alpha value is -1.15. The molecule has 0 aromatic rings. The van der Waals surface area contributed by atoms with E-state index in [-0.39, 0.29) is 39.6 Å². The SMILES string of the molecule is CCCCCCCC/C=C\CCCCCCCC(=O)O.OCC(O)CO.OCC(O)CO.OCC(O)CO. The van der Waals surface area contributed by atoms with E-state index in [1.54, 1.807) is 0 Å². The zero-order valence-corrected chi connectivity index (χ0v) is 23.4. The standard InChI is InChI=1S/C18H34O2.3C3H8O3/c1-2-3-4-5-6-7-8-9-10-11-12-13-14-15-16-17-18(19)20;3*4-1-3(6)2-5/h9-10H,2-8,11-17H2,1H3,(H,19,20);3*3-6H,1-2H2/b10-9-;;;. The van der Waals surface area contributed by atoms with E-state index in [1.165, 1.54) is 70.6 Å². The average molecular weight is 559 g/mol. The fourth-order valence-corrected chi connectivity index (χ4v) is 2.52. The third kappa shape index (κ3) is 51.5. The van der Waals surface area contributed by atoms with E-state index in [1.807, 2.05) is 0 Å². The van der Waals surface area contributed by atoms with E-state index in [9.17, 15) is 4.79 Å². The summed E-state index contributed by atoms with van der Waals surface area (Å²) in [7, 11) is 0. The van der Waals surface area contributed by atoms with E-state index in [2.05, 4.69) is 19.1 Å². The van der Waals surface area contributed by atoms with Gasteiger partial charge in [-0.15, -0.1) is 0 Å². The summed E-state index contributed by atoms with van der Waals surface area (Å²) in [5.74, 6) is -0.664. The van der Waals surface area contributed by atoms with Crippen LogP contribution >= 0.6 is 0 Å². The van der Waals surface area contributed by atoms with Crippen LogP contribution in [0.25, 0.3) is 0 Å². The molecular weight excluding hydrogens is 500 g/mol. The second-order valence-corrected chi connectivity index (χ2v) is 8.78. The van der Waals surface area contributed by atoms with Crippen LogP contribution in [0.15, 0.2) is 12.2 Å². The number of unbranched alkanes of at least 4 members (excludes halogenated alkanes) is 11. The largest absolute Gasteiger partial charge is 0.481 e. The van der Waals surface area contributed by atoms with Gasteiger partial charge in [0, 0.05) is 6.42 Å². The highest BCUT2D eigenvalue weighted by Crippen LogP contribution is 2.09. The van der Waals surface area contributed by atoms with Crippen molar-refractivity contribution in [3.63, 3.8) is 0 Å². The Morgan fingerprint density at radius 1 is 0.526 bits per heavy atom. The molecule has 0 fully saturated rings. The molecule has 0 bridgehead atoms. The zero-order valence-electron chi connectivity index (χ0n) is 23.4. The first kappa shape index (κ1) is 43.9. The molecule has 0 unspecified atom stereocenters. The Morgan fingerprint density at radius 3 is 1.08 bits per heavy atom. The van der Waals surface area contributed by atoms with Gasteiger partial charge >= 0.3 is 5.97 Å². The summed E-state index contributed by atoms with van der Waals surface area (Å²) in [6, 6.07) is 0. The van der Waals surface area contributed by atoms with Crippen molar-refractivity contribution < 1.29 is 55.9 Å². The number of hydrogen-bond donors (Lipinski definition) is 10. The van der Waals surface area contributed by atoms with Crippen LogP contribution in [-0.4, -0.2) is 115 Å². The Balaban J connectivity index is -0.000000259. The van der Waals surface area contributed by atoms with Gasteiger partial charge in [-0.2, -0.15) is 0 Å². The summed E-state index contributed by atoms with van der Waals surface area (Å²) >= 11 is 0. The molecule has 0 atom stereocenters. The number of aliphatic hydroxyl groups is 9. The van der Waals surface area contributed by atoms with Crippen LogP contribution in [0.5, 0.6) is 0 Å². The normalized spacial score (nSPS) is 10.7. The van der Waals surface area contributed by atoms with Gasteiger partial charge in [-0.1, -0.05) is 70.4 Å². The first-order valence-corrected chi connectivity index (χ1v) is 13.8. The summed E-state index contributed by atoms with van der Waals surface area (Å²) in [6.07, 6.45) is 18.4. The van der Waals surface area contributed by atoms with Gasteiger partial charge in [0.2, 0.25) is 0 Å². The minimum absolute atomic E-state index is 0.332. The quantitative estimate of drug-likeness (QED) is 0.0710. The number of allylic oxidation sites excluding steroid dienone is 2. The number of hydrogen-bond acceptors (Lipinski definition) is 10. The second kappa shape index (κ2) is 40.3. The van der Waals surface area contributed by atoms with E-state index < -0.39 is 24.3 Å². The first-order valence-electron chi connectivity index (χ1n) is 13.8. The van der Waals surface area contributed by atoms with Crippen molar-refractivity contribution >= 4 is 5.97 Å². The minimum atomic E-state index is -0.954. The summed E-state index contributed by atoms with van der Waals surface area (Å²) in [4.78, 5) is 10.3. The van der Waals surface area contributed by atoms with Crippen molar-refractivity contribution in [2.24, 2.45) is 0 Å². The van der Waals surface area contributed by atoms with E-state index in [0.29, 0.717) is 6.42 Å². The lowest BCUT2D eigenvalue weighted by atomic mass is 10.1. The lowest BCUT2D eigenvalue weighted by Crippen LogP contribution is -2.15. The summed E-state index contributed by atoms with van der Waals surface area (Å²) in [5.41, 5.74) is 0. The Bertz CT molecular complexity index is 415. The van der Waals surface area contributed by atoms with Gasteiger partial charge in [0.1, 0.15) is 18.3 Å². The number of carboxylic acid groups (broad SMARTS) is 1. The summed E-state index contributed by atoms with van der Waals surface area (Å²) in [6.45, 7) is 0.0713. The predicted octanol–water partition coefficient (Wildman–Crippen LogP) is 1.10. The van der Waals surface area contributed by atoms with Gasteiger partial charge in [0.05, 0.1) is 39.6 Å². The summed E-state index contributed by atoms with van der Waals surface area (Å²) < 4.78 is 0. The smallest absolute Gasteiger partial charge is 0.303 e. The van der Waals surface area contributed by atoms with E-state index in [4.69, 9.17) is 51.1 Å². The molecule has 0 rings (SSSR count). The van der Waals surface area contributed by atoms with Gasteiger partial charge < -0.3 is 51.1 Å². The highest BCUT2D eigenvalue weighted by Gasteiger charge is 1.96. The molecule has 11 nitrogen and oxygen atoms in total. The third-order valence-electron chi connectivity index (χ3n) is 4.92. The second-order valence-electron chi connectivity index (χ2n) is 8.78. The Labute approximate surface area is 229 Å². The molecule has 0 saturated heterocycles. The van der Waals surface area contributed by atoms with Crippen molar-refractivity contribution in [1.82, 2.24) is 0 Å². The molecular formula is C27H58O11. The predicted molar refractivity (Wildman–Crippen MR) is 148 cm³/mol. The van der Waals surface area contributed by atoms with E-state index >= 15 is 0 Å². The van der Waals surface area contributed by atoms with Crippen molar-refractivity contribution in [1.29, 1.82) is 0 Å². The van der Waals surface area contributed by atoms with Crippen molar-refractivity contribution in [2.45, 2.75) is 115 Å². The van der Waals surface area contributed by atoms with Crippen LogP contribution in [-0.2, 0) is 4.79 Å². The molecule has 0 aromatic carbocycles. The number of rotatable bonds is 21. The number of aliphatic hydroxyl groups excluding tert-OH is 9. The van der Waals surface area contributed by atoms with Crippen molar-refractivity contribution in [3.05, 3.63) is 12.2 Å². The molecule has 11 heteroatoms. The van der Waals surface area contributed by atoms with Crippen LogP contribution < -0.4 is 0 Å². The fourth-order valence-electron chi connectivity index (χ4n) is 2.52. The monoisotopic (exact) mass is 558 g/mol. The third-order valence-corrected chi connectivity index (χ3v) is 4.92. The lowest BCUT2D eigenvalue weighted by Gasteiger charge is -1.99. The fraction of sp³-hybridized carbons (Fsp3) is 0.889. The van der Waals surface area contributed by atoms with Crippen LogP contribution in [0, 0.1) is 0 Å². The molecule has 0 aliphatic heterocycles. The molecule has 232 valence electrons. The van der Waals surface area contributed by atoms with E-state index in [0.717, 1.165) is 12.8 Å². The Kier molecular flexibility index (Phi) is 46.6. The average Bonchev–Trinajstić information content (AvgIpc) is 2.94. The number of aliphatic carboxylic acids is 1. The maximum absolute atomic E-state index is 10.3. The highest BCUT2D eigenvalue weighted by atomic mass is 16.4. The first-order chi connectivity index (χ1) is 18.2. The zero-order chi connectivity index (χ0) is 29.9. The molecule has 10 N–H and O–H groups in total. The topological polar surface area (TPSA) is 219 Å². The number of carboxylic acids is 1. The van der Waals surface area contributed by atoms with Gasteiger partial charge in [0.25, 0.3) is 0 Å². The molecule has 0 heterocycles. The van der Waals surface area contributed by atoms with Crippen LogP contribution in [0.3, 0.4) is 0 Å². The lowest BCUT2D eigenvalue weighted by molar-refractivity contribution is -0.137. The highest BCUT2D eigenvalue weighted by molar-refractivity contribution is 5.66. The van der Waals surface area contributed by atoms with Gasteiger partial charge in [0.15, 0.2) is 0 Å². The molecule has 0 amide bonds. The molecule has 0 spiro atoms. The maximum Gasteiger partial charge on any atom is 0.303 e. The molecule has 0 radical (unpaired) electrons.